The van der Waals surface area contributed by atoms with E-state index in [1.54, 1.807) is 13.8 Å². The van der Waals surface area contributed by atoms with Crippen LogP contribution in [0.15, 0.2) is 24.3 Å². The molecule has 2 unspecified atom stereocenters. The molecule has 0 rings (SSSR count). The van der Waals surface area contributed by atoms with Crippen molar-refractivity contribution in [3.63, 3.8) is 0 Å². The van der Waals surface area contributed by atoms with E-state index in [1.807, 2.05) is 6.92 Å². The van der Waals surface area contributed by atoms with Gasteiger partial charge in [-0.05, 0) is 44.9 Å². The molecule has 0 heterocycles. The Labute approximate surface area is 202 Å². The third kappa shape index (κ3) is 15.7. The van der Waals surface area contributed by atoms with Crippen LogP contribution < -0.4 is 10.6 Å². The normalized spacial score (nSPS) is 12.5. The Balaban J connectivity index is 4.06. The van der Waals surface area contributed by atoms with E-state index >= 15 is 0 Å². The summed E-state index contributed by atoms with van der Waals surface area (Å²) in [5.41, 5.74) is 0.463. The first-order valence-corrected chi connectivity index (χ1v) is 11.2. The molecule has 0 fully saturated rings. The van der Waals surface area contributed by atoms with Crippen LogP contribution in [0.4, 0.5) is 9.59 Å². The first-order chi connectivity index (χ1) is 15.7. The number of carbonyl (C=O) groups is 4. The Morgan fingerprint density at radius 3 is 2.00 bits per heavy atom. The standard InChI is InChI=1S/C24H40N2O8/c1-16(2)20(27)31-11-12-32-23(30)26-14-18(5)13-24(7,8)9-10-25-22(29)33-15-19(6)34-21(28)17(3)4/h18-19H,1,3,9-15H2,2,4-8H3,(H,25,29)(H,26,30). The number of amides is 2. The van der Waals surface area contributed by atoms with E-state index in [4.69, 9.17) is 18.9 Å². The number of hydrogen-bond donors (Lipinski definition) is 2. The topological polar surface area (TPSA) is 129 Å². The van der Waals surface area contributed by atoms with E-state index in [-0.39, 0.29) is 42.3 Å². The number of carbonyl (C=O) groups excluding carboxylic acids is 4. The maximum absolute atomic E-state index is 11.8. The van der Waals surface area contributed by atoms with Crippen molar-refractivity contribution in [2.45, 2.75) is 60.5 Å². The van der Waals surface area contributed by atoms with E-state index < -0.39 is 30.2 Å². The molecule has 2 N–H and O–H groups in total. The van der Waals surface area contributed by atoms with E-state index in [2.05, 4.69) is 37.6 Å². The van der Waals surface area contributed by atoms with Crippen molar-refractivity contribution >= 4 is 24.1 Å². The fourth-order valence-electron chi connectivity index (χ4n) is 2.88. The molecule has 0 spiro atoms. The van der Waals surface area contributed by atoms with Crippen LogP contribution >= 0.6 is 0 Å². The lowest BCUT2D eigenvalue weighted by atomic mass is 9.80. The SMILES string of the molecule is C=C(C)C(=O)OCCOC(=O)NCC(C)CC(C)(C)CCNC(=O)OCC(C)OC(=O)C(=C)C. The maximum Gasteiger partial charge on any atom is 0.407 e. The summed E-state index contributed by atoms with van der Waals surface area (Å²) in [6, 6.07) is 0. The Kier molecular flexibility index (Phi) is 14.3. The number of alkyl carbamates (subject to hydrolysis) is 2. The van der Waals surface area contributed by atoms with Gasteiger partial charge >= 0.3 is 24.1 Å². The summed E-state index contributed by atoms with van der Waals surface area (Å²) >= 11 is 0. The van der Waals surface area contributed by atoms with Crippen LogP contribution in [0.2, 0.25) is 0 Å². The molecule has 0 aromatic rings. The first kappa shape index (κ1) is 31.0. The zero-order valence-electron chi connectivity index (χ0n) is 21.3. The molecule has 0 aromatic heterocycles. The molecule has 0 saturated heterocycles. The minimum atomic E-state index is -0.583. The van der Waals surface area contributed by atoms with Crippen molar-refractivity contribution in [1.82, 2.24) is 10.6 Å². The lowest BCUT2D eigenvalue weighted by molar-refractivity contribution is -0.145. The van der Waals surface area contributed by atoms with Gasteiger partial charge in [0, 0.05) is 24.2 Å². The first-order valence-electron chi connectivity index (χ1n) is 11.2. The highest BCUT2D eigenvalue weighted by molar-refractivity contribution is 5.87. The third-order valence-electron chi connectivity index (χ3n) is 4.57. The number of rotatable bonds is 15. The minimum Gasteiger partial charge on any atom is -0.459 e. The van der Waals surface area contributed by atoms with Gasteiger partial charge in [-0.2, -0.15) is 0 Å². The van der Waals surface area contributed by atoms with E-state index in [9.17, 15) is 19.2 Å². The van der Waals surface area contributed by atoms with Gasteiger partial charge < -0.3 is 29.6 Å². The highest BCUT2D eigenvalue weighted by Gasteiger charge is 2.22. The molecule has 0 aromatic carbocycles. The molecule has 0 aliphatic heterocycles. The summed E-state index contributed by atoms with van der Waals surface area (Å²) in [5.74, 6) is -0.889. The van der Waals surface area contributed by atoms with Crippen molar-refractivity contribution in [2.75, 3.05) is 32.9 Å². The van der Waals surface area contributed by atoms with Crippen LogP contribution in [0.1, 0.15) is 54.4 Å². The van der Waals surface area contributed by atoms with Gasteiger partial charge in [-0.25, -0.2) is 19.2 Å². The second kappa shape index (κ2) is 15.7. The number of nitrogens with one attached hydrogen (secondary N) is 2. The average molecular weight is 485 g/mol. The summed E-state index contributed by atoms with van der Waals surface area (Å²) in [5, 5.41) is 5.37. The predicted molar refractivity (Wildman–Crippen MR) is 127 cm³/mol. The summed E-state index contributed by atoms with van der Waals surface area (Å²) in [4.78, 5) is 46.3. The molecule has 2 atom stereocenters. The van der Waals surface area contributed by atoms with Gasteiger partial charge in [0.05, 0.1) is 0 Å². The van der Waals surface area contributed by atoms with Crippen LogP contribution in [0.3, 0.4) is 0 Å². The Bertz CT molecular complexity index is 732. The lowest BCUT2D eigenvalue weighted by Crippen LogP contribution is -2.34. The summed E-state index contributed by atoms with van der Waals surface area (Å²) in [6.45, 7) is 18.5. The third-order valence-corrected chi connectivity index (χ3v) is 4.57. The molecular weight excluding hydrogens is 444 g/mol. The Morgan fingerprint density at radius 1 is 0.853 bits per heavy atom. The van der Waals surface area contributed by atoms with Crippen LogP contribution in [0, 0.1) is 11.3 Å². The largest absolute Gasteiger partial charge is 0.459 e. The molecule has 34 heavy (non-hydrogen) atoms. The fraction of sp³-hybridized carbons (Fsp3) is 0.667. The van der Waals surface area contributed by atoms with Crippen molar-refractivity contribution in [3.8, 4) is 0 Å². The van der Waals surface area contributed by atoms with Gasteiger partial charge in [-0.15, -0.1) is 0 Å². The van der Waals surface area contributed by atoms with Gasteiger partial charge in [-0.1, -0.05) is 33.9 Å². The van der Waals surface area contributed by atoms with Crippen molar-refractivity contribution in [2.24, 2.45) is 11.3 Å². The Hall–Kier alpha value is -3.04. The summed E-state index contributed by atoms with van der Waals surface area (Å²) < 4.78 is 19.9. The van der Waals surface area contributed by atoms with Gasteiger partial charge in [0.15, 0.2) is 0 Å². The Morgan fingerprint density at radius 2 is 1.41 bits per heavy atom. The average Bonchev–Trinajstić information content (AvgIpc) is 2.72. The van der Waals surface area contributed by atoms with Gasteiger partial charge in [0.25, 0.3) is 0 Å². The summed E-state index contributed by atoms with van der Waals surface area (Å²) in [6.07, 6.45) is -0.235. The van der Waals surface area contributed by atoms with Gasteiger partial charge in [0.2, 0.25) is 0 Å². The van der Waals surface area contributed by atoms with E-state index in [0.717, 1.165) is 6.42 Å². The van der Waals surface area contributed by atoms with Crippen LogP contribution in [-0.4, -0.2) is 63.1 Å². The number of ether oxygens (including phenoxy) is 4. The second-order valence-corrected chi connectivity index (χ2v) is 9.18. The van der Waals surface area contributed by atoms with Crippen LogP contribution in [0.5, 0.6) is 0 Å². The zero-order chi connectivity index (χ0) is 26.3. The monoisotopic (exact) mass is 484 g/mol. The maximum atomic E-state index is 11.8. The van der Waals surface area contributed by atoms with Crippen LogP contribution in [-0.2, 0) is 28.5 Å². The zero-order valence-corrected chi connectivity index (χ0v) is 21.3. The van der Waals surface area contributed by atoms with E-state index in [0.29, 0.717) is 19.5 Å². The molecule has 10 heteroatoms. The van der Waals surface area contributed by atoms with Crippen molar-refractivity contribution < 1.29 is 38.1 Å². The molecule has 0 saturated carbocycles. The van der Waals surface area contributed by atoms with Crippen LogP contribution in [0.25, 0.3) is 0 Å². The highest BCUT2D eigenvalue weighted by atomic mass is 16.6. The molecule has 194 valence electrons. The molecule has 0 radical (unpaired) electrons. The molecule has 0 aliphatic carbocycles. The number of esters is 2. The number of hydrogen-bond acceptors (Lipinski definition) is 8. The quantitative estimate of drug-likeness (QED) is 0.156. The molecule has 0 aliphatic rings. The smallest absolute Gasteiger partial charge is 0.407 e. The van der Waals surface area contributed by atoms with Crippen molar-refractivity contribution in [3.05, 3.63) is 24.3 Å². The molecular formula is C24H40N2O8. The minimum absolute atomic E-state index is 0.0321. The molecule has 10 nitrogen and oxygen atoms in total. The lowest BCUT2D eigenvalue weighted by Gasteiger charge is -2.28. The molecule has 2 amide bonds. The molecule has 0 bridgehead atoms. The van der Waals surface area contributed by atoms with E-state index in [1.165, 1.54) is 6.92 Å². The second-order valence-electron chi connectivity index (χ2n) is 9.18. The fourth-order valence-corrected chi connectivity index (χ4v) is 2.88. The van der Waals surface area contributed by atoms with Crippen molar-refractivity contribution in [1.29, 1.82) is 0 Å². The highest BCUT2D eigenvalue weighted by Crippen LogP contribution is 2.28. The predicted octanol–water partition coefficient (Wildman–Crippen LogP) is 3.51. The van der Waals surface area contributed by atoms with Gasteiger partial charge in [0.1, 0.15) is 25.9 Å². The summed E-state index contributed by atoms with van der Waals surface area (Å²) in [7, 11) is 0. The van der Waals surface area contributed by atoms with Gasteiger partial charge in [-0.3, -0.25) is 0 Å².